The molecule has 1 saturated heterocycles. The lowest BCUT2D eigenvalue weighted by Gasteiger charge is -2.13. The molecule has 168 valence electrons. The molecule has 0 bridgehead atoms. The van der Waals surface area contributed by atoms with Crippen molar-refractivity contribution in [2.24, 2.45) is 4.99 Å². The van der Waals surface area contributed by atoms with Crippen LogP contribution in [0.1, 0.15) is 11.3 Å². The molecule has 0 saturated carbocycles. The van der Waals surface area contributed by atoms with Crippen molar-refractivity contribution in [3.05, 3.63) is 111 Å². The summed E-state index contributed by atoms with van der Waals surface area (Å²) < 4.78 is 2.21. The Hall–Kier alpha value is -3.25. The minimum absolute atomic E-state index is 0.187. The van der Waals surface area contributed by atoms with E-state index in [0.717, 1.165) is 28.2 Å². The Balaban J connectivity index is 1.56. The Morgan fingerprint density at radius 3 is 2.32 bits per heavy atom. The number of benzene rings is 3. The number of carbonyl (C=O) groups excluding carboxylic acids is 1. The Labute approximate surface area is 211 Å². The minimum Gasteiger partial charge on any atom is -0.313 e. The molecule has 7 heteroatoms. The highest BCUT2D eigenvalue weighted by Gasteiger charge is 2.25. The largest absolute Gasteiger partial charge is 0.313 e. The van der Waals surface area contributed by atoms with Crippen LogP contribution >= 0.6 is 35.0 Å². The molecule has 1 aromatic heterocycles. The molecule has 1 aliphatic rings. The molecule has 1 amide bonds. The van der Waals surface area contributed by atoms with Crippen LogP contribution in [0.5, 0.6) is 0 Å². The van der Waals surface area contributed by atoms with Crippen molar-refractivity contribution >= 4 is 57.8 Å². The number of aliphatic imine (C=N–C) groups is 1. The Bertz CT molecular complexity index is 1440. The Morgan fingerprint density at radius 2 is 1.62 bits per heavy atom. The van der Waals surface area contributed by atoms with Gasteiger partial charge in [0.1, 0.15) is 0 Å². The van der Waals surface area contributed by atoms with Crippen LogP contribution in [-0.2, 0) is 4.79 Å². The second-order valence-corrected chi connectivity index (χ2v) is 9.55. The smallest absolute Gasteiger partial charge is 0.264 e. The van der Waals surface area contributed by atoms with Crippen LogP contribution in [0.15, 0.2) is 94.8 Å². The zero-order valence-corrected chi connectivity index (χ0v) is 20.5. The first-order valence-corrected chi connectivity index (χ1v) is 12.1. The van der Waals surface area contributed by atoms with Gasteiger partial charge in [-0.25, -0.2) is 4.99 Å². The van der Waals surface area contributed by atoms with E-state index in [0.29, 0.717) is 25.8 Å². The summed E-state index contributed by atoms with van der Waals surface area (Å²) in [6.45, 7) is 2.07. The third-order valence-electron chi connectivity index (χ3n) is 5.35. The van der Waals surface area contributed by atoms with Crippen LogP contribution in [0.25, 0.3) is 23.0 Å². The predicted octanol–water partition coefficient (Wildman–Crippen LogP) is 7.65. The molecule has 4 nitrogen and oxygen atoms in total. The van der Waals surface area contributed by atoms with E-state index in [1.165, 1.54) is 11.8 Å². The number of hydrogen-bond acceptors (Lipinski definition) is 3. The van der Waals surface area contributed by atoms with Crippen LogP contribution in [-0.4, -0.2) is 15.6 Å². The summed E-state index contributed by atoms with van der Waals surface area (Å²) in [7, 11) is 0. The molecule has 4 aromatic rings. The summed E-state index contributed by atoms with van der Waals surface area (Å²) in [5, 5.41) is 4.21. The van der Waals surface area contributed by atoms with Gasteiger partial charge in [-0.15, -0.1) is 0 Å². The molecule has 0 spiro atoms. The second kappa shape index (κ2) is 9.55. The third-order valence-corrected chi connectivity index (χ3v) is 7.00. The van der Waals surface area contributed by atoms with Crippen LogP contribution in [0.3, 0.4) is 0 Å². The fraction of sp³-hybridized carbons (Fsp3) is 0.0370. The van der Waals surface area contributed by atoms with Crippen molar-refractivity contribution in [2.75, 3.05) is 0 Å². The molecule has 0 radical (unpaired) electrons. The topological polar surface area (TPSA) is 46.4 Å². The lowest BCUT2D eigenvalue weighted by molar-refractivity contribution is -0.115. The first-order chi connectivity index (χ1) is 16.5. The number of aryl methyl sites for hydroxylation is 1. The van der Waals surface area contributed by atoms with Gasteiger partial charge in [0.25, 0.3) is 5.91 Å². The molecule has 0 aliphatic carbocycles. The monoisotopic (exact) mass is 503 g/mol. The zero-order chi connectivity index (χ0) is 23.7. The standard InChI is InChI=1S/C27H19Cl2N3OS/c1-17-14-19(25(18-8-4-2-5-9-18)32(17)21-10-6-3-7-11-21)15-24-26(33)31-27(34-24)30-20-12-13-22(28)23(29)16-20/h2-16H,1H3,(H,30,31,33)/b24-15-. The van der Waals surface area contributed by atoms with E-state index in [4.69, 9.17) is 23.2 Å². The number of para-hydroxylation sites is 1. The van der Waals surface area contributed by atoms with Gasteiger partial charge in [-0.3, -0.25) is 4.79 Å². The van der Waals surface area contributed by atoms with Crippen molar-refractivity contribution in [1.82, 2.24) is 9.88 Å². The lowest BCUT2D eigenvalue weighted by Crippen LogP contribution is -2.19. The molecule has 2 heterocycles. The molecule has 1 N–H and O–H groups in total. The normalized spacial score (nSPS) is 15.8. The van der Waals surface area contributed by atoms with E-state index in [-0.39, 0.29) is 5.91 Å². The van der Waals surface area contributed by atoms with Gasteiger partial charge in [0.05, 0.1) is 26.3 Å². The van der Waals surface area contributed by atoms with Gasteiger partial charge < -0.3 is 9.88 Å². The number of rotatable bonds is 4. The minimum atomic E-state index is -0.187. The van der Waals surface area contributed by atoms with E-state index in [1.807, 2.05) is 42.5 Å². The summed E-state index contributed by atoms with van der Waals surface area (Å²) in [4.78, 5) is 17.9. The van der Waals surface area contributed by atoms with Crippen LogP contribution < -0.4 is 5.32 Å². The van der Waals surface area contributed by atoms with E-state index in [1.54, 1.807) is 18.2 Å². The molecule has 1 fully saturated rings. The van der Waals surface area contributed by atoms with Gasteiger partial charge in [-0.1, -0.05) is 71.7 Å². The molecule has 34 heavy (non-hydrogen) atoms. The zero-order valence-electron chi connectivity index (χ0n) is 18.1. The number of nitrogens with zero attached hydrogens (tertiary/aromatic N) is 2. The van der Waals surface area contributed by atoms with Crippen molar-refractivity contribution in [3.63, 3.8) is 0 Å². The summed E-state index contributed by atoms with van der Waals surface area (Å²) in [6, 6.07) is 27.6. The SMILES string of the molecule is Cc1cc(/C=C2\SC(=Nc3ccc(Cl)c(Cl)c3)NC2=O)c(-c2ccccc2)n1-c1ccccc1. The molecule has 3 aromatic carbocycles. The Kier molecular flexibility index (Phi) is 6.33. The molecular formula is C27H19Cl2N3OS. The van der Waals surface area contributed by atoms with Crippen LogP contribution in [0, 0.1) is 6.92 Å². The Morgan fingerprint density at radius 1 is 0.912 bits per heavy atom. The van der Waals surface area contributed by atoms with Gasteiger partial charge >= 0.3 is 0 Å². The first-order valence-electron chi connectivity index (χ1n) is 10.6. The summed E-state index contributed by atoms with van der Waals surface area (Å²) >= 11 is 13.4. The van der Waals surface area contributed by atoms with Crippen molar-refractivity contribution in [3.8, 4) is 16.9 Å². The molecule has 0 atom stereocenters. The summed E-state index contributed by atoms with van der Waals surface area (Å²) in [6.07, 6.45) is 1.92. The average Bonchev–Trinajstić information content (AvgIpc) is 3.35. The third kappa shape index (κ3) is 4.55. The fourth-order valence-corrected chi connectivity index (χ4v) is 4.99. The van der Waals surface area contributed by atoms with Gasteiger partial charge in [0.15, 0.2) is 5.17 Å². The second-order valence-electron chi connectivity index (χ2n) is 7.71. The van der Waals surface area contributed by atoms with Crippen LogP contribution in [0.2, 0.25) is 10.0 Å². The number of thioether (sulfide) groups is 1. The molecular weight excluding hydrogens is 485 g/mol. The van der Waals surface area contributed by atoms with Crippen LogP contribution in [0.4, 0.5) is 5.69 Å². The number of nitrogens with one attached hydrogen (secondary N) is 1. The number of amides is 1. The number of aromatic nitrogens is 1. The summed E-state index contributed by atoms with van der Waals surface area (Å²) in [5.74, 6) is -0.187. The number of hydrogen-bond donors (Lipinski definition) is 1. The van der Waals surface area contributed by atoms with Crippen molar-refractivity contribution in [2.45, 2.75) is 6.92 Å². The highest BCUT2D eigenvalue weighted by Crippen LogP contribution is 2.36. The number of amidine groups is 1. The first kappa shape index (κ1) is 22.5. The van der Waals surface area contributed by atoms with Gasteiger partial charge in [0, 0.05) is 16.9 Å². The van der Waals surface area contributed by atoms with E-state index < -0.39 is 0 Å². The molecule has 1 aliphatic heterocycles. The van der Waals surface area contributed by atoms with Gasteiger partial charge in [0.2, 0.25) is 0 Å². The quantitative estimate of drug-likeness (QED) is 0.290. The number of carbonyl (C=O) groups is 1. The van der Waals surface area contributed by atoms with E-state index in [2.05, 4.69) is 52.1 Å². The maximum absolute atomic E-state index is 12.8. The maximum Gasteiger partial charge on any atom is 0.264 e. The number of halogens is 2. The van der Waals surface area contributed by atoms with Gasteiger partial charge in [-0.05, 0) is 66.7 Å². The maximum atomic E-state index is 12.8. The fourth-order valence-electron chi connectivity index (χ4n) is 3.87. The predicted molar refractivity (Wildman–Crippen MR) is 143 cm³/mol. The van der Waals surface area contributed by atoms with Crippen molar-refractivity contribution < 1.29 is 4.79 Å². The van der Waals surface area contributed by atoms with Gasteiger partial charge in [-0.2, -0.15) is 0 Å². The highest BCUT2D eigenvalue weighted by molar-refractivity contribution is 8.18. The lowest BCUT2D eigenvalue weighted by atomic mass is 10.1. The van der Waals surface area contributed by atoms with E-state index >= 15 is 0 Å². The molecule has 0 unspecified atom stereocenters. The van der Waals surface area contributed by atoms with E-state index in [9.17, 15) is 4.79 Å². The molecule has 5 rings (SSSR count). The highest BCUT2D eigenvalue weighted by atomic mass is 35.5. The van der Waals surface area contributed by atoms with Crippen molar-refractivity contribution in [1.29, 1.82) is 0 Å². The summed E-state index contributed by atoms with van der Waals surface area (Å²) in [5.41, 5.74) is 5.81. The average molecular weight is 504 g/mol.